The van der Waals surface area contributed by atoms with Crippen LogP contribution in [0, 0.1) is 23.7 Å². The Kier molecular flexibility index (Phi) is 3.52. The lowest BCUT2D eigenvalue weighted by Crippen LogP contribution is -2.38. The second kappa shape index (κ2) is 4.77. The zero-order valence-electron chi connectivity index (χ0n) is 10.9. The molecule has 1 saturated carbocycles. The molecule has 4 heteroatoms. The third kappa shape index (κ3) is 2.23. The van der Waals surface area contributed by atoms with Gasteiger partial charge in [0.2, 0.25) is 11.8 Å². The fraction of sp³-hybridized carbons (Fsp3) is 0.846. The molecular formula is C13H22N2O2. The lowest BCUT2D eigenvalue weighted by Gasteiger charge is -2.20. The van der Waals surface area contributed by atoms with E-state index in [-0.39, 0.29) is 23.7 Å². The van der Waals surface area contributed by atoms with Crippen molar-refractivity contribution in [2.45, 2.75) is 26.7 Å². The molecule has 1 aliphatic carbocycles. The van der Waals surface area contributed by atoms with Gasteiger partial charge >= 0.3 is 0 Å². The highest BCUT2D eigenvalue weighted by Crippen LogP contribution is 2.42. The van der Waals surface area contributed by atoms with E-state index in [1.54, 1.807) is 0 Å². The Morgan fingerprint density at radius 3 is 2.29 bits per heavy atom. The Morgan fingerprint density at radius 2 is 1.82 bits per heavy atom. The van der Waals surface area contributed by atoms with Gasteiger partial charge in [0.1, 0.15) is 0 Å². The first kappa shape index (κ1) is 12.6. The fourth-order valence-electron chi connectivity index (χ4n) is 3.25. The molecule has 0 aromatic rings. The Hall–Kier alpha value is -0.900. The van der Waals surface area contributed by atoms with Gasteiger partial charge in [-0.05, 0) is 38.3 Å². The number of fused-ring (bicyclic) bond motifs is 1. The minimum Gasteiger partial charge on any atom is -0.319 e. The lowest BCUT2D eigenvalue weighted by molar-refractivity contribution is -0.141. The number of nitrogens with one attached hydrogen (secondary N) is 1. The van der Waals surface area contributed by atoms with Gasteiger partial charge in [0.15, 0.2) is 0 Å². The van der Waals surface area contributed by atoms with Gasteiger partial charge in [-0.2, -0.15) is 0 Å². The molecule has 96 valence electrons. The quantitative estimate of drug-likeness (QED) is 0.739. The van der Waals surface area contributed by atoms with E-state index in [2.05, 4.69) is 19.2 Å². The average molecular weight is 238 g/mol. The van der Waals surface area contributed by atoms with Crippen molar-refractivity contribution in [3.8, 4) is 0 Å². The van der Waals surface area contributed by atoms with Crippen LogP contribution < -0.4 is 5.32 Å². The summed E-state index contributed by atoms with van der Waals surface area (Å²) in [7, 11) is 1.89. The number of hydrogen-bond donors (Lipinski definition) is 1. The second-order valence-corrected chi connectivity index (χ2v) is 5.74. The summed E-state index contributed by atoms with van der Waals surface area (Å²) in [6, 6.07) is 0. The summed E-state index contributed by atoms with van der Waals surface area (Å²) in [4.78, 5) is 25.8. The average Bonchev–Trinajstić information content (AvgIpc) is 2.74. The Morgan fingerprint density at radius 1 is 1.29 bits per heavy atom. The van der Waals surface area contributed by atoms with E-state index in [4.69, 9.17) is 0 Å². The number of hydrogen-bond acceptors (Lipinski definition) is 3. The highest BCUT2D eigenvalue weighted by Gasteiger charge is 2.51. The summed E-state index contributed by atoms with van der Waals surface area (Å²) < 4.78 is 0. The molecule has 0 spiro atoms. The summed E-state index contributed by atoms with van der Waals surface area (Å²) in [6.45, 7) is 5.60. The van der Waals surface area contributed by atoms with Crippen molar-refractivity contribution in [2.24, 2.45) is 23.7 Å². The summed E-state index contributed by atoms with van der Waals surface area (Å²) in [5.74, 6) is 0.970. The molecule has 0 aromatic carbocycles. The first-order chi connectivity index (χ1) is 8.04. The van der Waals surface area contributed by atoms with Crippen LogP contribution in [0.25, 0.3) is 0 Å². The van der Waals surface area contributed by atoms with Gasteiger partial charge in [-0.3, -0.25) is 14.5 Å². The zero-order chi connectivity index (χ0) is 12.6. The highest BCUT2D eigenvalue weighted by molar-refractivity contribution is 6.05. The second-order valence-electron chi connectivity index (χ2n) is 5.74. The van der Waals surface area contributed by atoms with E-state index in [1.165, 1.54) is 4.90 Å². The number of carbonyl (C=O) groups excluding carboxylic acids is 2. The van der Waals surface area contributed by atoms with E-state index < -0.39 is 0 Å². The molecule has 1 aliphatic heterocycles. The minimum absolute atomic E-state index is 0.0146. The van der Waals surface area contributed by atoms with Crippen molar-refractivity contribution in [1.82, 2.24) is 10.2 Å². The van der Waals surface area contributed by atoms with Crippen molar-refractivity contribution >= 4 is 11.8 Å². The van der Waals surface area contributed by atoms with Crippen LogP contribution in [-0.2, 0) is 9.59 Å². The van der Waals surface area contributed by atoms with Gasteiger partial charge in [0.05, 0.1) is 11.8 Å². The van der Waals surface area contributed by atoms with Crippen LogP contribution in [0.2, 0.25) is 0 Å². The van der Waals surface area contributed by atoms with Crippen LogP contribution in [0.3, 0.4) is 0 Å². The third-order valence-electron chi connectivity index (χ3n) is 4.01. The van der Waals surface area contributed by atoms with Crippen molar-refractivity contribution in [1.29, 1.82) is 0 Å². The first-order valence-electron chi connectivity index (χ1n) is 6.54. The zero-order valence-corrected chi connectivity index (χ0v) is 10.9. The standard InChI is InChI=1S/C13H22N2O2/c1-8-4-10-11(5-8)13(17)15(12(10)16)7-9(2)6-14-3/h8-11,14H,4-7H2,1-3H3. The molecule has 2 fully saturated rings. The number of likely N-dealkylation sites (tertiary alicyclic amines) is 1. The molecule has 1 saturated heterocycles. The maximum absolute atomic E-state index is 12.2. The minimum atomic E-state index is -0.0146. The van der Waals surface area contributed by atoms with Crippen LogP contribution in [0.5, 0.6) is 0 Å². The van der Waals surface area contributed by atoms with E-state index in [1.807, 2.05) is 7.05 Å². The summed E-state index contributed by atoms with van der Waals surface area (Å²) in [5.41, 5.74) is 0. The molecule has 3 unspecified atom stereocenters. The molecule has 2 aliphatic rings. The Bertz CT molecular complexity index is 305. The SMILES string of the molecule is CNCC(C)CN1C(=O)C2CC(C)CC2C1=O. The molecule has 1 N–H and O–H groups in total. The van der Waals surface area contributed by atoms with E-state index in [0.29, 0.717) is 18.4 Å². The smallest absolute Gasteiger partial charge is 0.233 e. The van der Waals surface area contributed by atoms with Crippen molar-refractivity contribution in [2.75, 3.05) is 20.1 Å². The maximum atomic E-state index is 12.2. The van der Waals surface area contributed by atoms with Crippen molar-refractivity contribution < 1.29 is 9.59 Å². The highest BCUT2D eigenvalue weighted by atomic mass is 16.2. The normalized spacial score (nSPS) is 34.3. The monoisotopic (exact) mass is 238 g/mol. The Labute approximate surface area is 103 Å². The number of amides is 2. The van der Waals surface area contributed by atoms with Gasteiger partial charge in [0, 0.05) is 6.54 Å². The molecule has 2 rings (SSSR count). The third-order valence-corrected chi connectivity index (χ3v) is 4.01. The topological polar surface area (TPSA) is 49.4 Å². The molecule has 0 radical (unpaired) electrons. The van der Waals surface area contributed by atoms with Crippen molar-refractivity contribution in [3.05, 3.63) is 0 Å². The molecule has 1 heterocycles. The first-order valence-corrected chi connectivity index (χ1v) is 6.54. The molecule has 2 amide bonds. The molecule has 4 nitrogen and oxygen atoms in total. The van der Waals surface area contributed by atoms with E-state index in [9.17, 15) is 9.59 Å². The molecule has 0 aromatic heterocycles. The van der Waals surface area contributed by atoms with E-state index in [0.717, 1.165) is 19.4 Å². The number of carbonyl (C=O) groups is 2. The van der Waals surface area contributed by atoms with Gasteiger partial charge in [-0.1, -0.05) is 13.8 Å². The van der Waals surface area contributed by atoms with Crippen LogP contribution >= 0.6 is 0 Å². The van der Waals surface area contributed by atoms with Crippen molar-refractivity contribution in [3.63, 3.8) is 0 Å². The maximum Gasteiger partial charge on any atom is 0.233 e. The molecular weight excluding hydrogens is 216 g/mol. The van der Waals surface area contributed by atoms with Crippen LogP contribution in [0.1, 0.15) is 26.7 Å². The summed E-state index contributed by atoms with van der Waals surface area (Å²) >= 11 is 0. The van der Waals surface area contributed by atoms with Crippen LogP contribution in [0.15, 0.2) is 0 Å². The van der Waals surface area contributed by atoms with Gasteiger partial charge in [-0.25, -0.2) is 0 Å². The van der Waals surface area contributed by atoms with Crippen LogP contribution in [-0.4, -0.2) is 36.9 Å². The number of imide groups is 1. The fourth-order valence-corrected chi connectivity index (χ4v) is 3.25. The lowest BCUT2D eigenvalue weighted by atomic mass is 10.00. The van der Waals surface area contributed by atoms with Crippen LogP contribution in [0.4, 0.5) is 0 Å². The number of rotatable bonds is 4. The van der Waals surface area contributed by atoms with E-state index >= 15 is 0 Å². The summed E-state index contributed by atoms with van der Waals surface area (Å²) in [6.07, 6.45) is 1.79. The predicted octanol–water partition coefficient (Wildman–Crippen LogP) is 0.873. The Balaban J connectivity index is 2.02. The molecule has 0 bridgehead atoms. The largest absolute Gasteiger partial charge is 0.319 e. The van der Waals surface area contributed by atoms with Gasteiger partial charge in [0.25, 0.3) is 0 Å². The molecule has 3 atom stereocenters. The van der Waals surface area contributed by atoms with Gasteiger partial charge < -0.3 is 5.32 Å². The van der Waals surface area contributed by atoms with Gasteiger partial charge in [-0.15, -0.1) is 0 Å². The predicted molar refractivity (Wildman–Crippen MR) is 65.2 cm³/mol. The summed E-state index contributed by atoms with van der Waals surface area (Å²) in [5, 5.41) is 3.08. The number of nitrogens with zero attached hydrogens (tertiary/aromatic N) is 1. The molecule has 17 heavy (non-hydrogen) atoms.